The smallest absolute Gasteiger partial charge is 0.338 e. The molecule has 2 atom stereocenters. The highest BCUT2D eigenvalue weighted by atomic mass is 32.2. The monoisotopic (exact) mass is 710 g/mol. The molecule has 11 heteroatoms. The Morgan fingerprint density at radius 1 is 0.784 bits per heavy atom. The van der Waals surface area contributed by atoms with Crippen molar-refractivity contribution < 1.29 is 37.3 Å². The Hall–Kier alpha value is -5.36. The van der Waals surface area contributed by atoms with Crippen molar-refractivity contribution in [1.82, 2.24) is 5.32 Å². The van der Waals surface area contributed by atoms with E-state index in [9.17, 15) is 18.3 Å². The zero-order valence-corrected chi connectivity index (χ0v) is 29.6. The van der Waals surface area contributed by atoms with E-state index in [4.69, 9.17) is 18.9 Å². The van der Waals surface area contributed by atoms with Gasteiger partial charge in [0, 0.05) is 18.2 Å². The van der Waals surface area contributed by atoms with Crippen LogP contribution in [-0.2, 0) is 28.0 Å². The van der Waals surface area contributed by atoms with Crippen molar-refractivity contribution in [2.75, 3.05) is 31.2 Å². The molecule has 3 N–H and O–H groups in total. The number of carbonyl (C=O) groups is 1. The number of esters is 1. The molecule has 0 aromatic heterocycles. The minimum Gasteiger partial charge on any atom is -0.496 e. The summed E-state index contributed by atoms with van der Waals surface area (Å²) < 4.78 is 49.5. The van der Waals surface area contributed by atoms with Crippen LogP contribution in [0.2, 0.25) is 0 Å². The molecule has 5 rings (SSSR count). The molecule has 0 spiro atoms. The molecule has 0 aliphatic heterocycles. The summed E-state index contributed by atoms with van der Waals surface area (Å²) in [6.07, 6.45) is 0.136. The van der Waals surface area contributed by atoms with E-state index in [-0.39, 0.29) is 24.9 Å². The van der Waals surface area contributed by atoms with Gasteiger partial charge in [-0.05, 0) is 71.6 Å². The standard InChI is InChI=1S/C40H42N2O8S/c1-28(39(43)32-17-21-37(36(24-32)42-51(3,45)46)49-26-29-10-6-4-7-11-29)41-22-23-48-34-18-14-31(15-19-34)35-20-16-33(25-38(35)47-2)40(44)50-27-30-12-8-5-9-13-30/h4-21,24-25,28,39,41-43H,22-23,26-27H2,1-3H3/t28-,39+/m0/s1. The number of rotatable bonds is 17. The first-order chi connectivity index (χ1) is 24.6. The van der Waals surface area contributed by atoms with E-state index in [1.165, 1.54) is 0 Å². The number of ether oxygens (including phenoxy) is 4. The molecule has 51 heavy (non-hydrogen) atoms. The lowest BCUT2D eigenvalue weighted by molar-refractivity contribution is 0.0472. The topological polar surface area (TPSA) is 132 Å². The van der Waals surface area contributed by atoms with Crippen molar-refractivity contribution in [2.45, 2.75) is 32.3 Å². The van der Waals surface area contributed by atoms with Gasteiger partial charge < -0.3 is 29.4 Å². The third kappa shape index (κ3) is 10.8. The summed E-state index contributed by atoms with van der Waals surface area (Å²) in [6, 6.07) is 36.4. The van der Waals surface area contributed by atoms with E-state index in [1.54, 1.807) is 37.4 Å². The Bertz CT molecular complexity index is 1990. The molecule has 0 saturated heterocycles. The second-order valence-electron chi connectivity index (χ2n) is 11.9. The van der Waals surface area contributed by atoms with Crippen LogP contribution in [0.5, 0.6) is 17.2 Å². The van der Waals surface area contributed by atoms with E-state index < -0.39 is 22.1 Å². The fourth-order valence-electron chi connectivity index (χ4n) is 5.32. The molecule has 0 aliphatic rings. The van der Waals surface area contributed by atoms with Crippen molar-refractivity contribution in [3.63, 3.8) is 0 Å². The van der Waals surface area contributed by atoms with Crippen LogP contribution < -0.4 is 24.2 Å². The van der Waals surface area contributed by atoms with E-state index in [0.29, 0.717) is 41.5 Å². The van der Waals surface area contributed by atoms with Gasteiger partial charge in [0.2, 0.25) is 10.0 Å². The number of aliphatic hydroxyl groups is 1. The van der Waals surface area contributed by atoms with Crippen molar-refractivity contribution in [2.24, 2.45) is 0 Å². The zero-order valence-electron chi connectivity index (χ0n) is 28.7. The van der Waals surface area contributed by atoms with Crippen LogP contribution in [0.25, 0.3) is 11.1 Å². The number of hydrogen-bond acceptors (Lipinski definition) is 9. The number of benzene rings is 5. The minimum atomic E-state index is -3.59. The van der Waals surface area contributed by atoms with Gasteiger partial charge in [-0.3, -0.25) is 4.72 Å². The van der Waals surface area contributed by atoms with E-state index in [0.717, 1.165) is 28.5 Å². The molecule has 0 aliphatic carbocycles. The van der Waals surface area contributed by atoms with Gasteiger partial charge in [0.25, 0.3) is 0 Å². The van der Waals surface area contributed by atoms with Crippen molar-refractivity contribution in [1.29, 1.82) is 0 Å². The molecular weight excluding hydrogens is 669 g/mol. The van der Waals surface area contributed by atoms with Gasteiger partial charge >= 0.3 is 5.97 Å². The van der Waals surface area contributed by atoms with Crippen molar-refractivity contribution in [3.8, 4) is 28.4 Å². The van der Waals surface area contributed by atoms with Gasteiger partial charge in [-0.1, -0.05) is 78.9 Å². The molecule has 0 radical (unpaired) electrons. The van der Waals surface area contributed by atoms with Crippen LogP contribution >= 0.6 is 0 Å². The maximum atomic E-state index is 12.6. The average Bonchev–Trinajstić information content (AvgIpc) is 3.14. The van der Waals surface area contributed by atoms with E-state index in [2.05, 4.69) is 10.0 Å². The highest BCUT2D eigenvalue weighted by Gasteiger charge is 2.19. The molecule has 0 heterocycles. The minimum absolute atomic E-state index is 0.186. The molecule has 5 aromatic rings. The Labute approximate surface area is 299 Å². The quantitative estimate of drug-likeness (QED) is 0.0708. The molecule has 0 fully saturated rings. The highest BCUT2D eigenvalue weighted by molar-refractivity contribution is 7.92. The van der Waals surface area contributed by atoms with Gasteiger partial charge in [-0.15, -0.1) is 0 Å². The maximum absolute atomic E-state index is 12.6. The SMILES string of the molecule is COc1cc(C(=O)OCc2ccccc2)ccc1-c1ccc(OCCN[C@@H](C)[C@@H](O)c2ccc(OCc3ccccc3)c(NS(C)(=O)=O)c2)cc1. The molecule has 0 bridgehead atoms. The normalized spacial score (nSPS) is 12.4. The number of sulfonamides is 1. The average molecular weight is 711 g/mol. The van der Waals surface area contributed by atoms with Gasteiger partial charge in [0.15, 0.2) is 0 Å². The Morgan fingerprint density at radius 2 is 1.45 bits per heavy atom. The van der Waals surface area contributed by atoms with Gasteiger partial charge in [0.1, 0.15) is 37.1 Å². The summed E-state index contributed by atoms with van der Waals surface area (Å²) in [5.41, 5.74) is 4.73. The predicted molar refractivity (Wildman–Crippen MR) is 198 cm³/mol. The zero-order chi connectivity index (χ0) is 36.2. The number of methoxy groups -OCH3 is 1. The van der Waals surface area contributed by atoms with Crippen LogP contribution in [0.15, 0.2) is 121 Å². The Morgan fingerprint density at radius 3 is 2.10 bits per heavy atom. The molecular formula is C40H42N2O8S. The Balaban J connectivity index is 1.12. The summed E-state index contributed by atoms with van der Waals surface area (Å²) in [6.45, 7) is 3.07. The van der Waals surface area contributed by atoms with Gasteiger partial charge in [-0.2, -0.15) is 0 Å². The lowest BCUT2D eigenvalue weighted by Gasteiger charge is -2.22. The first-order valence-electron chi connectivity index (χ1n) is 16.4. The second-order valence-corrected chi connectivity index (χ2v) is 13.7. The number of aliphatic hydroxyl groups excluding tert-OH is 1. The van der Waals surface area contributed by atoms with Gasteiger partial charge in [0.05, 0.1) is 30.7 Å². The Kier molecular flexibility index (Phi) is 12.7. The van der Waals surface area contributed by atoms with Crippen LogP contribution in [0.1, 0.15) is 40.1 Å². The third-order valence-corrected chi connectivity index (χ3v) is 8.59. The van der Waals surface area contributed by atoms with E-state index >= 15 is 0 Å². The molecule has 0 saturated carbocycles. The summed E-state index contributed by atoms with van der Waals surface area (Å²) >= 11 is 0. The summed E-state index contributed by atoms with van der Waals surface area (Å²) in [5, 5.41) is 14.3. The van der Waals surface area contributed by atoms with E-state index in [1.807, 2.05) is 97.9 Å². The molecule has 0 amide bonds. The van der Waals surface area contributed by atoms with Crippen LogP contribution in [0, 0.1) is 0 Å². The number of anilines is 1. The van der Waals surface area contributed by atoms with Crippen molar-refractivity contribution in [3.05, 3.63) is 144 Å². The molecule has 10 nitrogen and oxygen atoms in total. The second kappa shape index (κ2) is 17.5. The van der Waals surface area contributed by atoms with Crippen molar-refractivity contribution >= 4 is 21.7 Å². The number of hydrogen-bond donors (Lipinski definition) is 3. The van der Waals surface area contributed by atoms with Crippen LogP contribution in [-0.4, -0.2) is 52.1 Å². The first kappa shape index (κ1) is 36.9. The fraction of sp³-hybridized carbons (Fsp3) is 0.225. The summed E-state index contributed by atoms with van der Waals surface area (Å²) in [7, 11) is -2.04. The van der Waals surface area contributed by atoms with Crippen LogP contribution in [0.4, 0.5) is 5.69 Å². The largest absolute Gasteiger partial charge is 0.496 e. The summed E-state index contributed by atoms with van der Waals surface area (Å²) in [5.74, 6) is 1.13. The van der Waals surface area contributed by atoms with Crippen LogP contribution in [0.3, 0.4) is 0 Å². The lowest BCUT2D eigenvalue weighted by atomic mass is 10.0. The fourth-order valence-corrected chi connectivity index (χ4v) is 5.88. The predicted octanol–water partition coefficient (Wildman–Crippen LogP) is 6.76. The molecule has 5 aromatic carbocycles. The molecule has 266 valence electrons. The lowest BCUT2D eigenvalue weighted by Crippen LogP contribution is -2.35. The highest BCUT2D eigenvalue weighted by Crippen LogP contribution is 2.33. The first-order valence-corrected chi connectivity index (χ1v) is 18.3. The number of carbonyl (C=O) groups excluding carboxylic acids is 1. The molecule has 0 unspecified atom stereocenters. The van der Waals surface area contributed by atoms with Gasteiger partial charge in [-0.25, -0.2) is 13.2 Å². The number of nitrogens with one attached hydrogen (secondary N) is 2. The third-order valence-electron chi connectivity index (χ3n) is 8.00. The summed E-state index contributed by atoms with van der Waals surface area (Å²) in [4.78, 5) is 12.6. The maximum Gasteiger partial charge on any atom is 0.338 e.